The fourth-order valence-electron chi connectivity index (χ4n) is 5.88. The third-order valence-corrected chi connectivity index (χ3v) is 8.00. The predicted molar refractivity (Wildman–Crippen MR) is 116 cm³/mol. The molecule has 5 rings (SSSR count). The summed E-state index contributed by atoms with van der Waals surface area (Å²) in [5.74, 6) is 0.324. The van der Waals surface area contributed by atoms with Gasteiger partial charge in [-0.1, -0.05) is 68.1 Å². The summed E-state index contributed by atoms with van der Waals surface area (Å²) in [6.45, 7) is 0. The van der Waals surface area contributed by atoms with Crippen LogP contribution in [-0.2, 0) is 11.8 Å². The molecule has 0 saturated heterocycles. The molecule has 0 aliphatic heterocycles. The molecule has 0 unspecified atom stereocenters. The van der Waals surface area contributed by atoms with Gasteiger partial charge in [-0.3, -0.25) is 9.36 Å². The zero-order chi connectivity index (χ0) is 19.8. The van der Waals surface area contributed by atoms with Crippen LogP contribution in [0.25, 0.3) is 11.3 Å². The molecule has 1 spiro atoms. The molecule has 2 saturated carbocycles. The average molecular weight is 406 g/mol. The second-order valence-electron chi connectivity index (χ2n) is 8.85. The van der Waals surface area contributed by atoms with Crippen molar-refractivity contribution in [3.05, 3.63) is 45.7 Å². The van der Waals surface area contributed by atoms with Crippen LogP contribution in [0.5, 0.6) is 0 Å². The second-order valence-corrected chi connectivity index (χ2v) is 9.80. The molecule has 0 atom stereocenters. The first-order valence-electron chi connectivity index (χ1n) is 11.0. The van der Waals surface area contributed by atoms with Crippen LogP contribution in [0, 0.1) is 11.3 Å². The summed E-state index contributed by atoms with van der Waals surface area (Å²) in [5.41, 5.74) is 4.43. The molecule has 1 aromatic heterocycles. The molecule has 0 N–H and O–H groups in total. The number of thioether (sulfide) groups is 1. The summed E-state index contributed by atoms with van der Waals surface area (Å²) in [6.07, 6.45) is 11.2. The monoisotopic (exact) mass is 405 g/mol. The van der Waals surface area contributed by atoms with Crippen molar-refractivity contribution in [3.63, 3.8) is 0 Å². The van der Waals surface area contributed by atoms with Gasteiger partial charge in [0.15, 0.2) is 5.16 Å². The van der Waals surface area contributed by atoms with E-state index in [0.29, 0.717) is 5.75 Å². The lowest BCUT2D eigenvalue weighted by atomic mass is 9.62. The predicted octanol–water partition coefficient (Wildman–Crippen LogP) is 5.40. The fraction of sp³-hybridized carbons (Fsp3) is 0.542. The topological polar surface area (TPSA) is 58.7 Å². The van der Waals surface area contributed by atoms with Crippen molar-refractivity contribution in [2.75, 3.05) is 5.75 Å². The number of rotatable bonds is 3. The van der Waals surface area contributed by atoms with E-state index in [9.17, 15) is 4.79 Å². The van der Waals surface area contributed by atoms with Gasteiger partial charge in [0.25, 0.3) is 5.56 Å². The smallest absolute Gasteiger partial charge is 0.258 e. The minimum Gasteiger partial charge on any atom is -0.284 e. The highest BCUT2D eigenvalue weighted by atomic mass is 32.2. The molecule has 0 amide bonds. The van der Waals surface area contributed by atoms with E-state index in [1.807, 2.05) is 10.6 Å². The Labute approximate surface area is 176 Å². The SMILES string of the molecule is N#CCSc1nc2c(c(=O)n1C1CCCC1)C1(CCCCC1)Cc1ccccc1-2. The Bertz CT molecular complexity index is 1020. The lowest BCUT2D eigenvalue weighted by molar-refractivity contribution is 0.280. The van der Waals surface area contributed by atoms with E-state index in [2.05, 4.69) is 24.3 Å². The third-order valence-electron chi connectivity index (χ3n) is 7.18. The molecule has 150 valence electrons. The molecule has 5 heteroatoms. The summed E-state index contributed by atoms with van der Waals surface area (Å²) in [7, 11) is 0. The largest absolute Gasteiger partial charge is 0.284 e. The molecule has 3 aliphatic carbocycles. The Morgan fingerprint density at radius 3 is 2.66 bits per heavy atom. The zero-order valence-electron chi connectivity index (χ0n) is 16.8. The minimum absolute atomic E-state index is 0.0647. The molecule has 3 aliphatic rings. The number of hydrogen-bond donors (Lipinski definition) is 0. The second kappa shape index (κ2) is 7.65. The van der Waals surface area contributed by atoms with Gasteiger partial charge in [0.1, 0.15) is 0 Å². The minimum atomic E-state index is -0.0647. The lowest BCUT2D eigenvalue weighted by Gasteiger charge is -2.42. The van der Waals surface area contributed by atoms with Crippen LogP contribution >= 0.6 is 11.8 Å². The molecule has 1 heterocycles. The van der Waals surface area contributed by atoms with Crippen LogP contribution in [-0.4, -0.2) is 15.3 Å². The van der Waals surface area contributed by atoms with Crippen molar-refractivity contribution in [1.29, 1.82) is 5.26 Å². The molecule has 2 fully saturated rings. The van der Waals surface area contributed by atoms with Crippen LogP contribution in [0.3, 0.4) is 0 Å². The van der Waals surface area contributed by atoms with Gasteiger partial charge in [-0.05, 0) is 37.7 Å². The Kier molecular flexibility index (Phi) is 4.99. The standard InChI is InChI=1S/C24H27N3OS/c25-14-15-29-23-26-21-19-11-5-2-8-17(19)16-24(12-6-1-7-13-24)20(21)22(28)27(23)18-9-3-4-10-18/h2,5,8,11,18H,1,3-4,6-7,9-10,12-13,15-16H2. The summed E-state index contributed by atoms with van der Waals surface area (Å²) in [6, 6.07) is 10.9. The molecule has 4 nitrogen and oxygen atoms in total. The third kappa shape index (κ3) is 3.13. The van der Waals surface area contributed by atoms with E-state index in [0.717, 1.165) is 54.1 Å². The first-order chi connectivity index (χ1) is 14.2. The van der Waals surface area contributed by atoms with Gasteiger partial charge in [0.05, 0.1) is 23.1 Å². The van der Waals surface area contributed by atoms with E-state index >= 15 is 0 Å². The Morgan fingerprint density at radius 2 is 1.90 bits per heavy atom. The van der Waals surface area contributed by atoms with Gasteiger partial charge < -0.3 is 0 Å². The molecular formula is C24H27N3OS. The van der Waals surface area contributed by atoms with Crippen LogP contribution in [0.2, 0.25) is 0 Å². The fourth-order valence-corrected chi connectivity index (χ4v) is 6.60. The van der Waals surface area contributed by atoms with E-state index in [1.165, 1.54) is 49.4 Å². The maximum absolute atomic E-state index is 14.1. The molecule has 29 heavy (non-hydrogen) atoms. The summed E-state index contributed by atoms with van der Waals surface area (Å²) in [4.78, 5) is 19.2. The van der Waals surface area contributed by atoms with Crippen LogP contribution in [0.4, 0.5) is 0 Å². The van der Waals surface area contributed by atoms with Crippen molar-refractivity contribution in [3.8, 4) is 17.3 Å². The molecule has 0 radical (unpaired) electrons. The quantitative estimate of drug-likeness (QED) is 0.507. The number of hydrogen-bond acceptors (Lipinski definition) is 4. The number of nitriles is 1. The number of benzene rings is 1. The summed E-state index contributed by atoms with van der Waals surface area (Å²) < 4.78 is 1.98. The van der Waals surface area contributed by atoms with Gasteiger partial charge in [-0.25, -0.2) is 4.98 Å². The number of nitrogens with zero attached hydrogens (tertiary/aromatic N) is 3. The lowest BCUT2D eigenvalue weighted by Crippen LogP contribution is -2.43. The van der Waals surface area contributed by atoms with Crippen molar-refractivity contribution < 1.29 is 0 Å². The van der Waals surface area contributed by atoms with Gasteiger partial charge >= 0.3 is 0 Å². The molecule has 0 bridgehead atoms. The zero-order valence-corrected chi connectivity index (χ0v) is 17.6. The highest BCUT2D eigenvalue weighted by molar-refractivity contribution is 7.99. The average Bonchev–Trinajstić information content (AvgIpc) is 3.27. The summed E-state index contributed by atoms with van der Waals surface area (Å²) in [5, 5.41) is 9.90. The molecular weight excluding hydrogens is 378 g/mol. The van der Waals surface area contributed by atoms with E-state index < -0.39 is 0 Å². The van der Waals surface area contributed by atoms with Crippen molar-refractivity contribution >= 4 is 11.8 Å². The van der Waals surface area contributed by atoms with Gasteiger partial charge in [-0.15, -0.1) is 0 Å². The maximum Gasteiger partial charge on any atom is 0.258 e. The van der Waals surface area contributed by atoms with Gasteiger partial charge in [0.2, 0.25) is 0 Å². The first kappa shape index (κ1) is 18.9. The Hall–Kier alpha value is -2.06. The summed E-state index contributed by atoms with van der Waals surface area (Å²) >= 11 is 1.42. The van der Waals surface area contributed by atoms with Crippen LogP contribution in [0.15, 0.2) is 34.2 Å². The highest BCUT2D eigenvalue weighted by Gasteiger charge is 2.44. The van der Waals surface area contributed by atoms with Crippen molar-refractivity contribution in [1.82, 2.24) is 9.55 Å². The molecule has 1 aromatic carbocycles. The van der Waals surface area contributed by atoms with Gasteiger partial charge in [-0.2, -0.15) is 5.26 Å². The Balaban J connectivity index is 1.78. The van der Waals surface area contributed by atoms with Crippen LogP contribution < -0.4 is 5.56 Å². The maximum atomic E-state index is 14.1. The first-order valence-corrected chi connectivity index (χ1v) is 12.0. The van der Waals surface area contributed by atoms with Crippen LogP contribution in [0.1, 0.15) is 75.0 Å². The normalized spacial score (nSPS) is 20.2. The molecule has 2 aromatic rings. The van der Waals surface area contributed by atoms with Crippen molar-refractivity contribution in [2.45, 2.75) is 80.8 Å². The van der Waals surface area contributed by atoms with E-state index in [1.54, 1.807) is 0 Å². The van der Waals surface area contributed by atoms with E-state index in [4.69, 9.17) is 10.2 Å². The highest BCUT2D eigenvalue weighted by Crippen LogP contribution is 2.49. The van der Waals surface area contributed by atoms with E-state index in [-0.39, 0.29) is 17.0 Å². The number of fused-ring (bicyclic) bond motifs is 4. The van der Waals surface area contributed by atoms with Gasteiger partial charge in [0, 0.05) is 17.0 Å². The number of aromatic nitrogens is 2. The van der Waals surface area contributed by atoms with Crippen molar-refractivity contribution in [2.24, 2.45) is 0 Å². The Morgan fingerprint density at radius 1 is 1.14 bits per heavy atom.